The van der Waals surface area contributed by atoms with E-state index in [2.05, 4.69) is 129 Å². The molecule has 0 nitrogen and oxygen atoms in total. The van der Waals surface area contributed by atoms with E-state index in [4.69, 9.17) is 0 Å². The molecule has 5 aromatic carbocycles. The number of rotatable bonds is 3. The molecule has 5 aromatic rings. The van der Waals surface area contributed by atoms with Crippen molar-refractivity contribution in [2.75, 3.05) is 0 Å². The van der Waals surface area contributed by atoms with Gasteiger partial charge in [-0.2, -0.15) is 0 Å². The Hall–Kier alpha value is -5.72. The van der Waals surface area contributed by atoms with E-state index in [-0.39, 0.29) is 0 Å². The molecule has 4 unspecified atom stereocenters. The molecule has 1 saturated carbocycles. The third-order valence-electron chi connectivity index (χ3n) is 10.2. The van der Waals surface area contributed by atoms with Gasteiger partial charge in [0.25, 0.3) is 0 Å². The molecule has 1 fully saturated rings. The summed E-state index contributed by atoms with van der Waals surface area (Å²) in [6.45, 7) is 21.1. The standard InChI is InChI=1S/C10H12.2C9H8.C9H10.2C8H8.2C2H6/c1-2-9-7-4-5-8(6-7)10(9)3-1;2*1-2-5-9-7-3-6-8(9)4-1;1-8(2)9-6-4-3-5-7-9;2*1-2-8-6-4-3-5-7-8;2*1-2/h1-2,4-5,7-10H,3,6H2;2*1-6H,7H2;3-7H,1H2,2H3;2*2-7H,1H2;2*1-2H3. The van der Waals surface area contributed by atoms with Gasteiger partial charge >= 0.3 is 0 Å². The Labute approximate surface area is 347 Å². The summed E-state index contributed by atoms with van der Waals surface area (Å²) >= 11 is 0. The average molecular weight is 751 g/mol. The molecule has 294 valence electrons. The first-order valence-electron chi connectivity index (χ1n) is 21.0. The Kier molecular flexibility index (Phi) is 21.6. The largest absolute Gasteiger partial charge is 0.0985 e. The van der Waals surface area contributed by atoms with Crippen LogP contribution >= 0.6 is 0 Å². The first-order valence-corrected chi connectivity index (χ1v) is 21.0. The van der Waals surface area contributed by atoms with Gasteiger partial charge in [-0.1, -0.05) is 253 Å². The van der Waals surface area contributed by atoms with Crippen LogP contribution in [0.4, 0.5) is 0 Å². The monoisotopic (exact) mass is 751 g/mol. The van der Waals surface area contributed by atoms with Gasteiger partial charge in [0.05, 0.1) is 0 Å². The second-order valence-corrected chi connectivity index (χ2v) is 13.8. The van der Waals surface area contributed by atoms with Crippen molar-refractivity contribution in [3.05, 3.63) is 235 Å². The predicted molar refractivity (Wildman–Crippen MR) is 257 cm³/mol. The Morgan fingerprint density at radius 3 is 1.32 bits per heavy atom. The minimum atomic E-state index is 0.925. The van der Waals surface area contributed by atoms with Gasteiger partial charge in [-0.05, 0) is 95.2 Å². The summed E-state index contributed by atoms with van der Waals surface area (Å²) in [5.41, 5.74) is 10.4. The van der Waals surface area contributed by atoms with E-state index in [9.17, 15) is 0 Å². The fourth-order valence-electron chi connectivity index (χ4n) is 7.26. The van der Waals surface area contributed by atoms with Gasteiger partial charge in [0.15, 0.2) is 0 Å². The summed E-state index contributed by atoms with van der Waals surface area (Å²) in [7, 11) is 0. The zero-order chi connectivity index (χ0) is 41.1. The lowest BCUT2D eigenvalue weighted by atomic mass is 9.86. The SMILES string of the molecule is C1=CC2C3C=CC(C3)C2C1.C1=Cc2ccccc2C1.C1=Cc2ccccc2C1.C=C(C)c1ccccc1.C=Cc1ccccc1.C=Cc1ccccc1.CC.CC. The quantitative estimate of drug-likeness (QED) is 0.161. The third kappa shape index (κ3) is 15.4. The molecule has 0 heteroatoms. The smallest absolute Gasteiger partial charge is 0.00882 e. The molecule has 0 aliphatic heterocycles. The zero-order valence-corrected chi connectivity index (χ0v) is 35.3. The lowest BCUT2D eigenvalue weighted by Gasteiger charge is -2.18. The van der Waals surface area contributed by atoms with Gasteiger partial charge in [0.1, 0.15) is 0 Å². The summed E-state index contributed by atoms with van der Waals surface area (Å²) < 4.78 is 0. The summed E-state index contributed by atoms with van der Waals surface area (Å²) in [6, 6.07) is 47.2. The number of allylic oxidation sites excluding steroid dienone is 7. The summed E-state index contributed by atoms with van der Waals surface area (Å²) in [4.78, 5) is 0. The third-order valence-corrected chi connectivity index (χ3v) is 10.2. The van der Waals surface area contributed by atoms with Crippen molar-refractivity contribution in [3.63, 3.8) is 0 Å². The van der Waals surface area contributed by atoms with Crippen LogP contribution in [0.1, 0.15) is 86.4 Å². The van der Waals surface area contributed by atoms with E-state index >= 15 is 0 Å². The lowest BCUT2D eigenvalue weighted by Crippen LogP contribution is -2.12. The average Bonchev–Trinajstić information content (AvgIpc) is 4.16. The van der Waals surface area contributed by atoms with Gasteiger partial charge < -0.3 is 0 Å². The molecule has 0 amide bonds. The summed E-state index contributed by atoms with van der Waals surface area (Å²) in [5.74, 6) is 3.82. The number of hydrogen-bond acceptors (Lipinski definition) is 0. The second kappa shape index (κ2) is 27.0. The molecule has 10 rings (SSSR count). The number of fused-ring (bicyclic) bond motifs is 7. The molecular weight excluding hydrogens is 685 g/mol. The first kappa shape index (κ1) is 45.7. The highest BCUT2D eigenvalue weighted by molar-refractivity contribution is 5.61. The molecule has 2 bridgehead atoms. The van der Waals surface area contributed by atoms with E-state index in [0.717, 1.165) is 42.1 Å². The van der Waals surface area contributed by atoms with E-state index in [0.29, 0.717) is 0 Å². The molecule has 0 aromatic heterocycles. The summed E-state index contributed by atoms with van der Waals surface area (Å²) in [6.07, 6.45) is 27.2. The molecule has 5 aliphatic carbocycles. The molecule has 0 radical (unpaired) electrons. The maximum absolute atomic E-state index is 3.83. The van der Waals surface area contributed by atoms with Crippen molar-refractivity contribution in [1.82, 2.24) is 0 Å². The van der Waals surface area contributed by atoms with Gasteiger partial charge in [0.2, 0.25) is 0 Å². The Balaban J connectivity index is 0.000000180. The van der Waals surface area contributed by atoms with Crippen molar-refractivity contribution in [3.8, 4) is 0 Å². The van der Waals surface area contributed by atoms with Crippen LogP contribution in [0.5, 0.6) is 0 Å². The van der Waals surface area contributed by atoms with Crippen LogP contribution in [0, 0.1) is 23.7 Å². The fraction of sp³-hybridized carbons (Fsp3) is 0.228. The molecule has 0 spiro atoms. The lowest BCUT2D eigenvalue weighted by molar-refractivity contribution is 0.398. The molecule has 0 heterocycles. The van der Waals surface area contributed by atoms with E-state index < -0.39 is 0 Å². The number of hydrogen-bond donors (Lipinski definition) is 0. The van der Waals surface area contributed by atoms with Crippen molar-refractivity contribution < 1.29 is 0 Å². The highest BCUT2D eigenvalue weighted by atomic mass is 14.5. The van der Waals surface area contributed by atoms with Crippen LogP contribution in [-0.2, 0) is 12.8 Å². The topological polar surface area (TPSA) is 0 Å². The highest BCUT2D eigenvalue weighted by Gasteiger charge is 2.44. The Morgan fingerprint density at radius 1 is 0.509 bits per heavy atom. The van der Waals surface area contributed by atoms with Gasteiger partial charge in [-0.3, -0.25) is 0 Å². The van der Waals surface area contributed by atoms with E-state index in [1.165, 1.54) is 51.8 Å². The minimum Gasteiger partial charge on any atom is -0.0985 e. The van der Waals surface area contributed by atoms with Crippen molar-refractivity contribution >= 4 is 29.9 Å². The first-order chi connectivity index (χ1) is 28.1. The minimum absolute atomic E-state index is 0.925. The van der Waals surface area contributed by atoms with Crippen LogP contribution in [0.3, 0.4) is 0 Å². The Bertz CT molecular complexity index is 1890. The molecule has 57 heavy (non-hydrogen) atoms. The van der Waals surface area contributed by atoms with Crippen LogP contribution in [0.15, 0.2) is 196 Å². The molecule has 0 N–H and O–H groups in total. The number of benzene rings is 5. The van der Waals surface area contributed by atoms with Gasteiger partial charge in [0, 0.05) is 0 Å². The highest BCUT2D eigenvalue weighted by Crippen LogP contribution is 2.52. The van der Waals surface area contributed by atoms with Crippen LogP contribution in [-0.4, -0.2) is 0 Å². The van der Waals surface area contributed by atoms with Crippen molar-refractivity contribution in [2.45, 2.75) is 60.3 Å². The van der Waals surface area contributed by atoms with Crippen molar-refractivity contribution in [2.24, 2.45) is 23.7 Å². The van der Waals surface area contributed by atoms with Crippen molar-refractivity contribution in [1.29, 1.82) is 0 Å². The predicted octanol–water partition coefficient (Wildman–Crippen LogP) is 16.3. The second-order valence-electron chi connectivity index (χ2n) is 13.8. The van der Waals surface area contributed by atoms with E-state index in [1.54, 1.807) is 0 Å². The normalized spacial score (nSPS) is 17.9. The van der Waals surface area contributed by atoms with Crippen LogP contribution in [0.2, 0.25) is 0 Å². The summed E-state index contributed by atoms with van der Waals surface area (Å²) in [5, 5.41) is 0. The van der Waals surface area contributed by atoms with Gasteiger partial charge in [-0.25, -0.2) is 0 Å². The van der Waals surface area contributed by atoms with Gasteiger partial charge in [-0.15, -0.1) is 0 Å². The molecule has 4 atom stereocenters. The van der Waals surface area contributed by atoms with E-state index in [1.807, 2.05) is 126 Å². The maximum atomic E-state index is 3.83. The van der Waals surface area contributed by atoms with Crippen LogP contribution in [0.25, 0.3) is 29.9 Å². The molecular formula is C57H66. The maximum Gasteiger partial charge on any atom is -0.00882 e. The Morgan fingerprint density at radius 2 is 0.930 bits per heavy atom. The molecule has 5 aliphatic rings. The zero-order valence-electron chi connectivity index (χ0n) is 35.3. The molecule has 0 saturated heterocycles. The fourth-order valence-corrected chi connectivity index (χ4v) is 7.26. The van der Waals surface area contributed by atoms with Crippen LogP contribution < -0.4 is 0 Å².